The Morgan fingerprint density at radius 2 is 1.61 bits per heavy atom. The van der Waals surface area contributed by atoms with Crippen molar-refractivity contribution in [2.45, 2.75) is 20.3 Å². The van der Waals surface area contributed by atoms with Crippen LogP contribution in [0.3, 0.4) is 0 Å². The second kappa shape index (κ2) is 7.39. The highest BCUT2D eigenvalue weighted by Crippen LogP contribution is 2.48. The zero-order valence-corrected chi connectivity index (χ0v) is 19.2. The molecule has 0 atom stereocenters. The molecule has 2 heterocycles. The summed E-state index contributed by atoms with van der Waals surface area (Å²) >= 11 is 1.62. The van der Waals surface area contributed by atoms with E-state index in [0.717, 1.165) is 38.3 Å². The number of fused-ring (bicyclic) bond motifs is 6. The molecule has 1 aliphatic heterocycles. The molecule has 33 heavy (non-hydrogen) atoms. The van der Waals surface area contributed by atoms with Gasteiger partial charge in [0.1, 0.15) is 5.00 Å². The number of carbonyl (C=O) groups is 2. The third kappa shape index (κ3) is 3.02. The molecule has 4 heteroatoms. The summed E-state index contributed by atoms with van der Waals surface area (Å²) in [5.74, 6) is -0.372. The van der Waals surface area contributed by atoms with Crippen LogP contribution >= 0.6 is 11.3 Å². The van der Waals surface area contributed by atoms with Gasteiger partial charge in [-0.05, 0) is 60.5 Å². The van der Waals surface area contributed by atoms with Gasteiger partial charge in [0.25, 0.3) is 0 Å². The molecule has 0 N–H and O–H groups in total. The van der Waals surface area contributed by atoms with Crippen molar-refractivity contribution in [3.8, 4) is 0 Å². The van der Waals surface area contributed by atoms with Gasteiger partial charge in [0, 0.05) is 39.4 Å². The van der Waals surface area contributed by atoms with Crippen LogP contribution < -0.4 is 4.90 Å². The minimum absolute atomic E-state index is 0.186. The maximum atomic E-state index is 13.2. The van der Waals surface area contributed by atoms with Crippen molar-refractivity contribution in [3.05, 3.63) is 111 Å². The standard InChI is InChI=1S/C29H21NO2S/c1-3-17(2)30-21-11-7-6-10-20(12-21)23-15-22(33-29(23)30)16-26-27(31)24-13-18-8-4-5-9-19(18)14-25(24)28(26)32/h3-11,13-16H,12H2,1-2H3/b17-3+. The molecular weight excluding hydrogens is 426 g/mol. The molecule has 1 aromatic heterocycles. The van der Waals surface area contributed by atoms with Gasteiger partial charge in [-0.25, -0.2) is 0 Å². The first kappa shape index (κ1) is 19.9. The van der Waals surface area contributed by atoms with E-state index in [0.29, 0.717) is 11.1 Å². The van der Waals surface area contributed by atoms with Crippen LogP contribution in [-0.4, -0.2) is 11.6 Å². The zero-order chi connectivity index (χ0) is 22.7. The Balaban J connectivity index is 1.47. The molecule has 0 fully saturated rings. The first-order chi connectivity index (χ1) is 16.0. The van der Waals surface area contributed by atoms with Gasteiger partial charge in [0.05, 0.1) is 5.57 Å². The summed E-state index contributed by atoms with van der Waals surface area (Å²) in [6, 6.07) is 13.6. The number of hydrogen-bond donors (Lipinski definition) is 0. The lowest BCUT2D eigenvalue weighted by Gasteiger charge is -2.32. The molecule has 0 amide bonds. The number of benzene rings is 2. The lowest BCUT2D eigenvalue weighted by Crippen LogP contribution is -2.23. The van der Waals surface area contributed by atoms with Crippen molar-refractivity contribution >= 4 is 50.3 Å². The molecule has 2 aliphatic carbocycles. The summed E-state index contributed by atoms with van der Waals surface area (Å²) in [4.78, 5) is 29.6. The molecule has 3 aromatic rings. The van der Waals surface area contributed by atoms with Crippen LogP contribution in [-0.2, 0) is 0 Å². The van der Waals surface area contributed by atoms with Crippen molar-refractivity contribution < 1.29 is 9.59 Å². The molecule has 160 valence electrons. The van der Waals surface area contributed by atoms with Gasteiger partial charge in [0.2, 0.25) is 0 Å². The third-order valence-electron chi connectivity index (χ3n) is 6.56. The van der Waals surface area contributed by atoms with Crippen LogP contribution in [0.4, 0.5) is 5.00 Å². The lowest BCUT2D eigenvalue weighted by atomic mass is 9.97. The number of allylic oxidation sites excluding steroid dienone is 8. The Hall–Kier alpha value is -3.76. The van der Waals surface area contributed by atoms with Crippen molar-refractivity contribution in [2.75, 3.05) is 4.90 Å². The molecule has 0 radical (unpaired) electrons. The monoisotopic (exact) mass is 447 g/mol. The van der Waals surface area contributed by atoms with Gasteiger partial charge < -0.3 is 4.90 Å². The van der Waals surface area contributed by atoms with Gasteiger partial charge in [-0.3, -0.25) is 9.59 Å². The lowest BCUT2D eigenvalue weighted by molar-refractivity contribution is 0.0990. The third-order valence-corrected chi connectivity index (χ3v) is 7.63. The number of anilines is 1. The molecule has 3 nitrogen and oxygen atoms in total. The van der Waals surface area contributed by atoms with Crippen LogP contribution in [0.5, 0.6) is 0 Å². The molecule has 0 spiro atoms. The Morgan fingerprint density at radius 3 is 2.27 bits per heavy atom. The zero-order valence-electron chi connectivity index (χ0n) is 18.4. The topological polar surface area (TPSA) is 37.4 Å². The predicted molar refractivity (Wildman–Crippen MR) is 137 cm³/mol. The van der Waals surface area contributed by atoms with E-state index in [1.54, 1.807) is 17.4 Å². The van der Waals surface area contributed by atoms with Gasteiger partial charge >= 0.3 is 0 Å². The highest BCUT2D eigenvalue weighted by Gasteiger charge is 2.34. The number of hydrogen-bond acceptors (Lipinski definition) is 4. The van der Waals surface area contributed by atoms with E-state index in [4.69, 9.17) is 0 Å². The van der Waals surface area contributed by atoms with E-state index >= 15 is 0 Å². The molecule has 0 unspecified atom stereocenters. The number of nitrogens with zero attached hydrogens (tertiary/aromatic N) is 1. The van der Waals surface area contributed by atoms with Crippen molar-refractivity contribution in [2.24, 2.45) is 0 Å². The van der Waals surface area contributed by atoms with Gasteiger partial charge in [-0.15, -0.1) is 11.3 Å². The Bertz CT molecular complexity index is 1480. The number of carbonyl (C=O) groups excluding carboxylic acids is 2. The molecule has 6 rings (SSSR count). The smallest absolute Gasteiger partial charge is 0.197 e. The molecule has 3 aliphatic rings. The predicted octanol–water partition coefficient (Wildman–Crippen LogP) is 7.33. The second-order valence-electron chi connectivity index (χ2n) is 8.51. The van der Waals surface area contributed by atoms with Crippen LogP contribution in [0.2, 0.25) is 0 Å². The normalized spacial score (nSPS) is 17.1. The van der Waals surface area contributed by atoms with Gasteiger partial charge in [0.15, 0.2) is 11.6 Å². The Kier molecular flexibility index (Phi) is 4.46. The highest BCUT2D eigenvalue weighted by atomic mass is 32.1. The summed E-state index contributed by atoms with van der Waals surface area (Å²) in [6.07, 6.45) is 13.2. The van der Waals surface area contributed by atoms with Crippen LogP contribution in [0, 0.1) is 0 Å². The van der Waals surface area contributed by atoms with E-state index in [2.05, 4.69) is 48.3 Å². The first-order valence-corrected chi connectivity index (χ1v) is 11.8. The molecular formula is C29H21NO2S. The first-order valence-electron chi connectivity index (χ1n) is 11.0. The summed E-state index contributed by atoms with van der Waals surface area (Å²) in [6.45, 7) is 4.15. The summed E-state index contributed by atoms with van der Waals surface area (Å²) in [7, 11) is 0. The van der Waals surface area contributed by atoms with E-state index in [9.17, 15) is 9.59 Å². The minimum atomic E-state index is -0.186. The summed E-state index contributed by atoms with van der Waals surface area (Å²) in [5, 5.41) is 3.07. The SMILES string of the molecule is C/C=C(\C)N1C2=CC=CC=C(C2)c2cc(C=C3C(=O)c4cc5ccccc5cc4C3=O)sc21. The van der Waals surface area contributed by atoms with Crippen molar-refractivity contribution in [3.63, 3.8) is 0 Å². The van der Waals surface area contributed by atoms with Crippen LogP contribution in [0.1, 0.15) is 51.4 Å². The Labute approximate surface area is 196 Å². The second-order valence-corrected chi connectivity index (χ2v) is 9.57. The molecule has 2 aromatic carbocycles. The average molecular weight is 448 g/mol. The Morgan fingerprint density at radius 1 is 0.939 bits per heavy atom. The fourth-order valence-electron chi connectivity index (χ4n) is 4.79. The average Bonchev–Trinajstić information content (AvgIpc) is 3.25. The van der Waals surface area contributed by atoms with Crippen molar-refractivity contribution in [1.82, 2.24) is 0 Å². The fourth-order valence-corrected chi connectivity index (χ4v) is 6.02. The van der Waals surface area contributed by atoms with Crippen molar-refractivity contribution in [1.29, 1.82) is 0 Å². The van der Waals surface area contributed by atoms with Crippen LogP contribution in [0.15, 0.2) is 89.8 Å². The fraction of sp³-hybridized carbons (Fsp3) is 0.103. The highest BCUT2D eigenvalue weighted by molar-refractivity contribution is 7.17. The maximum Gasteiger partial charge on any atom is 0.197 e. The number of ketones is 2. The van der Waals surface area contributed by atoms with Crippen LogP contribution in [0.25, 0.3) is 22.4 Å². The molecule has 2 bridgehead atoms. The van der Waals surface area contributed by atoms with E-state index in [-0.39, 0.29) is 17.1 Å². The number of thiophene rings is 1. The summed E-state index contributed by atoms with van der Waals surface area (Å²) < 4.78 is 0. The number of Topliss-reactive ketones (excluding diaryl/α,β-unsaturated/α-hetero) is 2. The van der Waals surface area contributed by atoms with Gasteiger partial charge in [-0.2, -0.15) is 0 Å². The molecule has 0 saturated heterocycles. The quantitative estimate of drug-likeness (QED) is 0.305. The molecule has 0 saturated carbocycles. The largest absolute Gasteiger partial charge is 0.309 e. The van der Waals surface area contributed by atoms with E-state index in [1.165, 1.54) is 11.3 Å². The van der Waals surface area contributed by atoms with E-state index in [1.807, 2.05) is 43.3 Å². The summed E-state index contributed by atoms with van der Waals surface area (Å²) in [5.41, 5.74) is 6.06. The maximum absolute atomic E-state index is 13.2. The minimum Gasteiger partial charge on any atom is -0.309 e. The van der Waals surface area contributed by atoms with E-state index < -0.39 is 0 Å². The van der Waals surface area contributed by atoms with Gasteiger partial charge in [-0.1, -0.05) is 48.6 Å². The number of rotatable bonds is 2.